The maximum atomic E-state index is 5.66. The van der Waals surface area contributed by atoms with Gasteiger partial charge in [0.15, 0.2) is 5.09 Å². The number of hydrogen-bond donors (Lipinski definition) is 0. The average Bonchev–Trinajstić information content (AvgIpc) is 2.62. The molecule has 1 atom stereocenters. The molecule has 0 aliphatic carbocycles. The van der Waals surface area contributed by atoms with Crippen LogP contribution in [0, 0.1) is 6.92 Å². The second-order valence-electron chi connectivity index (χ2n) is 3.55. The Morgan fingerprint density at radius 2 is 2.31 bits per heavy atom. The Labute approximate surface area is 82.6 Å². The fraction of sp³-hybridized carbons (Fsp3) is 0.600. The van der Waals surface area contributed by atoms with Crippen LogP contribution in [0.4, 0.5) is 0 Å². The molecule has 1 unspecified atom stereocenters. The maximum Gasteiger partial charge on any atom is 0.163 e. The lowest BCUT2D eigenvalue weighted by Gasteiger charge is -2.20. The summed E-state index contributed by atoms with van der Waals surface area (Å²) in [5, 5.41) is 0.960. The first-order chi connectivity index (χ1) is 6.18. The third-order valence-corrected chi connectivity index (χ3v) is 3.39. The van der Waals surface area contributed by atoms with Gasteiger partial charge in [0.25, 0.3) is 0 Å². The van der Waals surface area contributed by atoms with Gasteiger partial charge in [-0.1, -0.05) is 11.8 Å². The smallest absolute Gasteiger partial charge is 0.163 e. The Morgan fingerprint density at radius 1 is 1.46 bits per heavy atom. The first-order valence-electron chi connectivity index (χ1n) is 4.57. The zero-order chi connectivity index (χ0) is 9.31. The van der Waals surface area contributed by atoms with E-state index in [4.69, 9.17) is 9.15 Å². The summed E-state index contributed by atoms with van der Waals surface area (Å²) in [6.07, 6.45) is 2.26. The summed E-state index contributed by atoms with van der Waals surface area (Å²) < 4.78 is 11.2. The van der Waals surface area contributed by atoms with Gasteiger partial charge in [-0.15, -0.1) is 0 Å². The highest BCUT2D eigenvalue weighted by molar-refractivity contribution is 8.00. The first kappa shape index (κ1) is 9.16. The minimum Gasteiger partial charge on any atom is -0.455 e. The molecule has 0 bridgehead atoms. The van der Waals surface area contributed by atoms with Crippen LogP contribution in [-0.4, -0.2) is 11.5 Å². The van der Waals surface area contributed by atoms with Crippen molar-refractivity contribution in [1.82, 2.24) is 0 Å². The van der Waals surface area contributed by atoms with Crippen LogP contribution < -0.4 is 0 Å². The fourth-order valence-electron chi connectivity index (χ4n) is 1.51. The molecule has 2 rings (SSSR count). The molecule has 72 valence electrons. The standard InChI is InChI=1S/C10H14O2S/c1-8-4-5-9(12-8)13-10(2)6-3-7-11-10/h4-5H,3,6-7H2,1-2H3. The molecule has 2 nitrogen and oxygen atoms in total. The summed E-state index contributed by atoms with van der Waals surface area (Å²) in [5.74, 6) is 0.962. The molecule has 1 aliphatic heterocycles. The van der Waals surface area contributed by atoms with Gasteiger partial charge >= 0.3 is 0 Å². The molecule has 1 aromatic heterocycles. The van der Waals surface area contributed by atoms with Crippen molar-refractivity contribution >= 4 is 11.8 Å². The van der Waals surface area contributed by atoms with Gasteiger partial charge in [0.1, 0.15) is 10.7 Å². The van der Waals surface area contributed by atoms with Crippen LogP contribution in [0.15, 0.2) is 21.6 Å². The summed E-state index contributed by atoms with van der Waals surface area (Å²) in [4.78, 5) is -0.0652. The Hall–Kier alpha value is -0.410. The third kappa shape index (κ3) is 2.09. The molecule has 0 aromatic carbocycles. The third-order valence-electron chi connectivity index (χ3n) is 2.21. The molecule has 2 heterocycles. The highest BCUT2D eigenvalue weighted by Crippen LogP contribution is 2.41. The Balaban J connectivity index is 2.04. The summed E-state index contributed by atoms with van der Waals surface area (Å²) >= 11 is 1.69. The number of ether oxygens (including phenoxy) is 1. The number of rotatable bonds is 2. The van der Waals surface area contributed by atoms with Crippen LogP contribution in [0.1, 0.15) is 25.5 Å². The Kier molecular flexibility index (Phi) is 2.39. The molecule has 1 aliphatic rings. The van der Waals surface area contributed by atoms with Crippen LogP contribution in [0.2, 0.25) is 0 Å². The lowest BCUT2D eigenvalue weighted by atomic mass is 10.3. The SMILES string of the molecule is Cc1ccc(SC2(C)CCCO2)o1. The van der Waals surface area contributed by atoms with E-state index in [1.165, 1.54) is 0 Å². The molecular formula is C10H14O2S. The molecule has 0 saturated carbocycles. The number of thioether (sulfide) groups is 1. The molecule has 0 radical (unpaired) electrons. The maximum absolute atomic E-state index is 5.66. The quantitative estimate of drug-likeness (QED) is 0.728. The Bertz CT molecular complexity index is 287. The van der Waals surface area contributed by atoms with E-state index in [9.17, 15) is 0 Å². The summed E-state index contributed by atoms with van der Waals surface area (Å²) in [5.41, 5.74) is 0. The molecular weight excluding hydrogens is 184 g/mol. The highest BCUT2D eigenvalue weighted by Gasteiger charge is 2.31. The molecule has 0 spiro atoms. The van der Waals surface area contributed by atoms with Crippen molar-refractivity contribution in [3.63, 3.8) is 0 Å². The summed E-state index contributed by atoms with van der Waals surface area (Å²) in [6, 6.07) is 3.99. The first-order valence-corrected chi connectivity index (χ1v) is 5.39. The summed E-state index contributed by atoms with van der Waals surface area (Å²) in [6.45, 7) is 4.97. The van der Waals surface area contributed by atoms with Gasteiger partial charge in [0.05, 0.1) is 0 Å². The normalized spacial score (nSPS) is 28.2. The van der Waals surface area contributed by atoms with E-state index in [0.29, 0.717) is 0 Å². The number of aryl methyl sites for hydroxylation is 1. The number of hydrogen-bond acceptors (Lipinski definition) is 3. The topological polar surface area (TPSA) is 22.4 Å². The van der Waals surface area contributed by atoms with E-state index >= 15 is 0 Å². The van der Waals surface area contributed by atoms with E-state index in [2.05, 4.69) is 6.92 Å². The minimum atomic E-state index is -0.0652. The van der Waals surface area contributed by atoms with Gasteiger partial charge in [-0.05, 0) is 38.8 Å². The highest BCUT2D eigenvalue weighted by atomic mass is 32.2. The van der Waals surface area contributed by atoms with Crippen LogP contribution in [0.3, 0.4) is 0 Å². The van der Waals surface area contributed by atoms with Crippen LogP contribution in [0.25, 0.3) is 0 Å². The zero-order valence-corrected chi connectivity index (χ0v) is 8.82. The van der Waals surface area contributed by atoms with Crippen molar-refractivity contribution in [2.24, 2.45) is 0 Å². The zero-order valence-electron chi connectivity index (χ0n) is 8.00. The van der Waals surface area contributed by atoms with E-state index in [0.717, 1.165) is 30.3 Å². The molecule has 1 aromatic rings. The van der Waals surface area contributed by atoms with Crippen molar-refractivity contribution in [1.29, 1.82) is 0 Å². The van der Waals surface area contributed by atoms with E-state index in [1.807, 2.05) is 19.1 Å². The van der Waals surface area contributed by atoms with Crippen molar-refractivity contribution < 1.29 is 9.15 Å². The predicted molar refractivity (Wildman–Crippen MR) is 52.9 cm³/mol. The van der Waals surface area contributed by atoms with Crippen LogP contribution in [0.5, 0.6) is 0 Å². The fourth-order valence-corrected chi connectivity index (χ4v) is 2.64. The molecule has 1 fully saturated rings. The minimum absolute atomic E-state index is 0.0652. The lowest BCUT2D eigenvalue weighted by Crippen LogP contribution is -2.16. The van der Waals surface area contributed by atoms with Gasteiger partial charge in [-0.25, -0.2) is 0 Å². The van der Waals surface area contributed by atoms with Gasteiger partial charge in [0.2, 0.25) is 0 Å². The number of furan rings is 1. The van der Waals surface area contributed by atoms with Gasteiger partial charge in [0, 0.05) is 6.61 Å². The molecule has 1 saturated heterocycles. The monoisotopic (exact) mass is 198 g/mol. The lowest BCUT2D eigenvalue weighted by molar-refractivity contribution is 0.0962. The average molecular weight is 198 g/mol. The van der Waals surface area contributed by atoms with E-state index in [-0.39, 0.29) is 4.93 Å². The van der Waals surface area contributed by atoms with Gasteiger partial charge in [-0.3, -0.25) is 0 Å². The van der Waals surface area contributed by atoms with Crippen LogP contribution in [-0.2, 0) is 4.74 Å². The van der Waals surface area contributed by atoms with Crippen molar-refractivity contribution in [3.8, 4) is 0 Å². The van der Waals surface area contributed by atoms with E-state index < -0.39 is 0 Å². The molecule has 3 heteroatoms. The van der Waals surface area contributed by atoms with Gasteiger partial charge in [-0.2, -0.15) is 0 Å². The largest absolute Gasteiger partial charge is 0.455 e. The van der Waals surface area contributed by atoms with Crippen molar-refractivity contribution in [2.45, 2.75) is 36.7 Å². The molecule has 0 amide bonds. The second-order valence-corrected chi connectivity index (χ2v) is 5.02. The summed E-state index contributed by atoms with van der Waals surface area (Å²) in [7, 11) is 0. The molecule has 0 N–H and O–H groups in total. The molecule has 13 heavy (non-hydrogen) atoms. The van der Waals surface area contributed by atoms with E-state index in [1.54, 1.807) is 11.8 Å². The van der Waals surface area contributed by atoms with Gasteiger partial charge < -0.3 is 9.15 Å². The van der Waals surface area contributed by atoms with Crippen molar-refractivity contribution in [2.75, 3.05) is 6.61 Å². The Morgan fingerprint density at radius 3 is 2.85 bits per heavy atom. The van der Waals surface area contributed by atoms with Crippen LogP contribution >= 0.6 is 11.8 Å². The predicted octanol–water partition coefficient (Wildman–Crippen LogP) is 3.21. The second kappa shape index (κ2) is 3.39. The van der Waals surface area contributed by atoms with Crippen molar-refractivity contribution in [3.05, 3.63) is 17.9 Å².